The van der Waals surface area contributed by atoms with Gasteiger partial charge in [0.25, 0.3) is 5.91 Å². The molecule has 0 spiro atoms. The lowest BCUT2D eigenvalue weighted by Gasteiger charge is -2.07. The first kappa shape index (κ1) is 11.9. The van der Waals surface area contributed by atoms with E-state index in [0.717, 1.165) is 24.4 Å². The van der Waals surface area contributed by atoms with Crippen molar-refractivity contribution in [3.05, 3.63) is 29.2 Å². The highest BCUT2D eigenvalue weighted by molar-refractivity contribution is 6.04. The van der Waals surface area contributed by atoms with Crippen molar-refractivity contribution in [3.63, 3.8) is 0 Å². The van der Waals surface area contributed by atoms with Gasteiger partial charge < -0.3 is 10.1 Å². The maximum Gasteiger partial charge on any atom is 0.260 e. The van der Waals surface area contributed by atoms with Gasteiger partial charge in [-0.15, -0.1) is 0 Å². The number of carbonyl (C=O) groups excluding carboxylic acids is 1. The molecule has 19 heavy (non-hydrogen) atoms. The van der Waals surface area contributed by atoms with Crippen molar-refractivity contribution in [2.45, 2.75) is 19.3 Å². The second-order valence-corrected chi connectivity index (χ2v) is 4.65. The smallest absolute Gasteiger partial charge is 0.260 e. The number of anilines is 1. The average Bonchev–Trinajstić information content (AvgIpc) is 3.07. The van der Waals surface area contributed by atoms with E-state index in [4.69, 9.17) is 4.74 Å². The fourth-order valence-electron chi connectivity index (χ4n) is 2.22. The lowest BCUT2D eigenvalue weighted by atomic mass is 10.0. The normalized spacial score (nSPS) is 18.7. The van der Waals surface area contributed by atoms with Gasteiger partial charge >= 0.3 is 0 Å². The first-order valence-corrected chi connectivity index (χ1v) is 6.18. The van der Waals surface area contributed by atoms with Crippen LogP contribution < -0.4 is 5.32 Å². The Bertz CT molecular complexity index is 582. The van der Waals surface area contributed by atoms with Crippen LogP contribution in [0.5, 0.6) is 0 Å². The van der Waals surface area contributed by atoms with Gasteiger partial charge in [-0.05, 0) is 13.3 Å². The predicted octanol–water partition coefficient (Wildman–Crippen LogP) is 1.20. The summed E-state index contributed by atoms with van der Waals surface area (Å²) >= 11 is 0. The molecular formula is C12H15N5O2. The second kappa shape index (κ2) is 4.85. The van der Waals surface area contributed by atoms with E-state index in [9.17, 15) is 4.79 Å². The van der Waals surface area contributed by atoms with Gasteiger partial charge in [0.2, 0.25) is 0 Å². The molecule has 1 unspecified atom stereocenters. The molecule has 2 aromatic heterocycles. The summed E-state index contributed by atoms with van der Waals surface area (Å²) in [5.74, 6) is 0.517. The first-order chi connectivity index (χ1) is 9.24. The van der Waals surface area contributed by atoms with Crippen LogP contribution in [-0.2, 0) is 4.74 Å². The van der Waals surface area contributed by atoms with E-state index in [1.165, 1.54) is 0 Å². The standard InChI is InChI=1S/C12H15N5O2/c1-7-4-10(16-15-7)14-12(18)9-5-13-17-11(9)8-2-3-19-6-8/h4-5,8H,2-3,6H2,1H3,(H,13,17)(H2,14,15,16,18). The van der Waals surface area contributed by atoms with Crippen LogP contribution in [-0.4, -0.2) is 39.5 Å². The summed E-state index contributed by atoms with van der Waals surface area (Å²) in [5.41, 5.74) is 2.28. The highest BCUT2D eigenvalue weighted by Crippen LogP contribution is 2.26. The van der Waals surface area contributed by atoms with Gasteiger partial charge in [0.1, 0.15) is 0 Å². The molecule has 1 aliphatic heterocycles. The molecule has 3 N–H and O–H groups in total. The van der Waals surface area contributed by atoms with Gasteiger partial charge in [-0.25, -0.2) is 0 Å². The summed E-state index contributed by atoms with van der Waals surface area (Å²) < 4.78 is 5.34. The Balaban J connectivity index is 1.78. The van der Waals surface area contributed by atoms with Crippen molar-refractivity contribution in [3.8, 4) is 0 Å². The lowest BCUT2D eigenvalue weighted by molar-refractivity contribution is 0.102. The Morgan fingerprint density at radius 3 is 3.11 bits per heavy atom. The third-order valence-corrected chi connectivity index (χ3v) is 3.20. The van der Waals surface area contributed by atoms with E-state index < -0.39 is 0 Å². The molecule has 3 heterocycles. The molecule has 0 aromatic carbocycles. The van der Waals surface area contributed by atoms with E-state index in [1.807, 2.05) is 6.92 Å². The van der Waals surface area contributed by atoms with Crippen LogP contribution in [0.3, 0.4) is 0 Å². The van der Waals surface area contributed by atoms with Crippen LogP contribution in [0.25, 0.3) is 0 Å². The average molecular weight is 261 g/mol. The molecule has 1 atom stereocenters. The van der Waals surface area contributed by atoms with E-state index in [1.54, 1.807) is 12.3 Å². The molecular weight excluding hydrogens is 246 g/mol. The van der Waals surface area contributed by atoms with Crippen LogP contribution in [0.2, 0.25) is 0 Å². The number of carbonyl (C=O) groups is 1. The minimum atomic E-state index is -0.206. The summed E-state index contributed by atoms with van der Waals surface area (Å²) in [6.07, 6.45) is 2.45. The largest absolute Gasteiger partial charge is 0.381 e. The van der Waals surface area contributed by atoms with Crippen LogP contribution >= 0.6 is 0 Å². The molecule has 2 aromatic rings. The molecule has 0 bridgehead atoms. The number of aromatic nitrogens is 4. The molecule has 1 aliphatic rings. The Morgan fingerprint density at radius 2 is 2.42 bits per heavy atom. The topological polar surface area (TPSA) is 95.7 Å². The second-order valence-electron chi connectivity index (χ2n) is 4.65. The van der Waals surface area contributed by atoms with E-state index >= 15 is 0 Å². The van der Waals surface area contributed by atoms with Gasteiger partial charge in [0, 0.05) is 24.3 Å². The summed E-state index contributed by atoms with van der Waals surface area (Å²) in [7, 11) is 0. The Hall–Kier alpha value is -2.15. The Kier molecular flexibility index (Phi) is 3.04. The van der Waals surface area contributed by atoms with Gasteiger partial charge in [0.05, 0.1) is 24.1 Å². The minimum absolute atomic E-state index is 0.206. The van der Waals surface area contributed by atoms with Crippen molar-refractivity contribution >= 4 is 11.7 Å². The van der Waals surface area contributed by atoms with Gasteiger partial charge in [-0.3, -0.25) is 15.0 Å². The van der Waals surface area contributed by atoms with Crippen molar-refractivity contribution in [1.82, 2.24) is 20.4 Å². The molecule has 1 fully saturated rings. The Labute approximate surface area is 109 Å². The van der Waals surface area contributed by atoms with E-state index in [-0.39, 0.29) is 11.8 Å². The van der Waals surface area contributed by atoms with E-state index in [2.05, 4.69) is 25.7 Å². The van der Waals surface area contributed by atoms with Gasteiger partial charge in [-0.2, -0.15) is 10.2 Å². The summed E-state index contributed by atoms with van der Waals surface area (Å²) in [5, 5.41) is 16.4. The monoisotopic (exact) mass is 261 g/mol. The summed E-state index contributed by atoms with van der Waals surface area (Å²) in [4.78, 5) is 12.2. The maximum absolute atomic E-state index is 12.2. The number of H-pyrrole nitrogens is 2. The number of nitrogens with one attached hydrogen (secondary N) is 3. The van der Waals surface area contributed by atoms with Crippen LogP contribution in [0.15, 0.2) is 12.3 Å². The maximum atomic E-state index is 12.2. The predicted molar refractivity (Wildman–Crippen MR) is 68.0 cm³/mol. The molecule has 0 radical (unpaired) electrons. The van der Waals surface area contributed by atoms with Gasteiger partial charge in [0.15, 0.2) is 5.82 Å². The fourth-order valence-corrected chi connectivity index (χ4v) is 2.22. The number of aryl methyl sites for hydroxylation is 1. The highest BCUT2D eigenvalue weighted by Gasteiger charge is 2.25. The zero-order chi connectivity index (χ0) is 13.2. The zero-order valence-corrected chi connectivity index (χ0v) is 10.6. The fraction of sp³-hybridized carbons (Fsp3) is 0.417. The molecule has 1 amide bonds. The highest BCUT2D eigenvalue weighted by atomic mass is 16.5. The number of rotatable bonds is 3. The molecule has 1 saturated heterocycles. The van der Waals surface area contributed by atoms with Crippen LogP contribution in [0.1, 0.15) is 34.1 Å². The summed E-state index contributed by atoms with van der Waals surface area (Å²) in [6.45, 7) is 3.23. The quantitative estimate of drug-likeness (QED) is 0.773. The van der Waals surface area contributed by atoms with Crippen molar-refractivity contribution < 1.29 is 9.53 Å². The van der Waals surface area contributed by atoms with Crippen LogP contribution in [0, 0.1) is 6.92 Å². The first-order valence-electron chi connectivity index (χ1n) is 6.18. The molecule has 3 rings (SSSR count). The molecule has 0 saturated carbocycles. The zero-order valence-electron chi connectivity index (χ0n) is 10.6. The Morgan fingerprint density at radius 1 is 1.53 bits per heavy atom. The summed E-state index contributed by atoms with van der Waals surface area (Å²) in [6, 6.07) is 1.77. The number of ether oxygens (including phenoxy) is 1. The SMILES string of the molecule is Cc1cc(NC(=O)c2cn[nH]c2C2CCOC2)n[nH]1. The van der Waals surface area contributed by atoms with Crippen molar-refractivity contribution in [1.29, 1.82) is 0 Å². The molecule has 0 aliphatic carbocycles. The van der Waals surface area contributed by atoms with E-state index in [0.29, 0.717) is 18.0 Å². The number of hydrogen-bond donors (Lipinski definition) is 3. The number of hydrogen-bond acceptors (Lipinski definition) is 4. The van der Waals surface area contributed by atoms with Crippen LogP contribution in [0.4, 0.5) is 5.82 Å². The van der Waals surface area contributed by atoms with Crippen molar-refractivity contribution in [2.75, 3.05) is 18.5 Å². The molecule has 100 valence electrons. The number of nitrogens with zero attached hydrogens (tertiary/aromatic N) is 2. The molecule has 7 nitrogen and oxygen atoms in total. The van der Waals surface area contributed by atoms with Crippen molar-refractivity contribution in [2.24, 2.45) is 0 Å². The molecule has 7 heteroatoms. The lowest BCUT2D eigenvalue weighted by Crippen LogP contribution is -2.15. The third-order valence-electron chi connectivity index (χ3n) is 3.20. The number of amides is 1. The minimum Gasteiger partial charge on any atom is -0.381 e. The third kappa shape index (κ3) is 2.37. The number of aromatic amines is 2. The van der Waals surface area contributed by atoms with Gasteiger partial charge in [-0.1, -0.05) is 0 Å².